The Kier molecular flexibility index (Phi) is 3.99. The molecule has 2 atom stereocenters. The van der Waals surface area contributed by atoms with E-state index in [0.29, 0.717) is 11.4 Å². The van der Waals surface area contributed by atoms with E-state index in [4.69, 9.17) is 11.6 Å². The topological polar surface area (TPSA) is 12.0 Å². The van der Waals surface area contributed by atoms with Gasteiger partial charge in [-0.2, -0.15) is 0 Å². The smallest absolute Gasteiger partial charge is 0.0805 e. The maximum atomic E-state index is 6.23. The summed E-state index contributed by atoms with van der Waals surface area (Å²) in [6.45, 7) is 2.22. The van der Waals surface area contributed by atoms with Crippen LogP contribution in [0.2, 0.25) is 5.02 Å². The van der Waals surface area contributed by atoms with Crippen LogP contribution in [0, 0.1) is 0 Å². The number of hydrogen-bond acceptors (Lipinski definition) is 2. The normalized spacial score (nSPS) is 26.6. The predicted octanol–water partition coefficient (Wildman–Crippen LogP) is 4.22. The van der Waals surface area contributed by atoms with E-state index in [1.165, 1.54) is 17.7 Å². The molecular weight excluding hydrogens is 294 g/mol. The first kappa shape index (κ1) is 11.8. The fourth-order valence-electron chi connectivity index (χ4n) is 1.65. The minimum Gasteiger partial charge on any atom is -0.299 e. The second-order valence-electron chi connectivity index (χ2n) is 3.77. The van der Waals surface area contributed by atoms with E-state index in [9.17, 15) is 0 Å². The molecule has 0 spiro atoms. The van der Waals surface area contributed by atoms with E-state index < -0.39 is 0 Å². The van der Waals surface area contributed by atoms with Crippen molar-refractivity contribution in [2.75, 3.05) is 5.75 Å². The molecule has 0 amide bonds. The molecule has 0 bridgehead atoms. The molecule has 0 saturated carbocycles. The lowest BCUT2D eigenvalue weighted by Crippen LogP contribution is -2.33. The molecule has 4 heteroatoms. The van der Waals surface area contributed by atoms with Gasteiger partial charge in [-0.15, -0.1) is 11.8 Å². The van der Waals surface area contributed by atoms with Crippen molar-refractivity contribution in [1.29, 1.82) is 0 Å². The minimum absolute atomic E-state index is 0.342. The zero-order valence-corrected chi connectivity index (χ0v) is 11.6. The van der Waals surface area contributed by atoms with Crippen molar-refractivity contribution < 1.29 is 0 Å². The lowest BCUT2D eigenvalue weighted by Gasteiger charge is -2.29. The highest BCUT2D eigenvalue weighted by Gasteiger charge is 2.21. The minimum atomic E-state index is 0.342. The maximum absolute atomic E-state index is 6.23. The van der Waals surface area contributed by atoms with E-state index in [-0.39, 0.29) is 0 Å². The van der Waals surface area contributed by atoms with Crippen molar-refractivity contribution in [3.05, 3.63) is 33.3 Å². The molecule has 0 radical (unpaired) electrons. The summed E-state index contributed by atoms with van der Waals surface area (Å²) in [5.41, 5.74) is 1.19. The average molecular weight is 307 g/mol. The molecule has 15 heavy (non-hydrogen) atoms. The Morgan fingerprint density at radius 3 is 3.00 bits per heavy atom. The quantitative estimate of drug-likeness (QED) is 0.834. The van der Waals surface area contributed by atoms with Crippen LogP contribution in [0.3, 0.4) is 0 Å². The Morgan fingerprint density at radius 1 is 1.53 bits per heavy atom. The van der Waals surface area contributed by atoms with Gasteiger partial charge >= 0.3 is 0 Å². The van der Waals surface area contributed by atoms with Crippen LogP contribution in [0.25, 0.3) is 0 Å². The average Bonchev–Trinajstić information content (AvgIpc) is 2.17. The van der Waals surface area contributed by atoms with Crippen molar-refractivity contribution in [2.45, 2.75) is 24.8 Å². The van der Waals surface area contributed by atoms with Gasteiger partial charge in [0.25, 0.3) is 0 Å². The second kappa shape index (κ2) is 5.09. The number of thioether (sulfide) groups is 1. The molecule has 1 fully saturated rings. The third-order valence-electron chi connectivity index (χ3n) is 2.52. The monoisotopic (exact) mass is 305 g/mol. The number of halogens is 2. The summed E-state index contributed by atoms with van der Waals surface area (Å²) in [4.78, 5) is 0. The fraction of sp³-hybridized carbons (Fsp3) is 0.455. The van der Waals surface area contributed by atoms with Crippen LogP contribution < -0.4 is 5.32 Å². The van der Waals surface area contributed by atoms with Crippen molar-refractivity contribution in [3.63, 3.8) is 0 Å². The molecule has 1 N–H and O–H groups in total. The van der Waals surface area contributed by atoms with Gasteiger partial charge in [-0.3, -0.25) is 5.32 Å². The summed E-state index contributed by atoms with van der Waals surface area (Å²) >= 11 is 11.6. The zero-order chi connectivity index (χ0) is 10.8. The lowest BCUT2D eigenvalue weighted by atomic mass is 10.2. The summed E-state index contributed by atoms with van der Waals surface area (Å²) < 4.78 is 1.03. The van der Waals surface area contributed by atoms with Gasteiger partial charge in [-0.1, -0.05) is 33.6 Å². The largest absolute Gasteiger partial charge is 0.299 e. The van der Waals surface area contributed by atoms with Gasteiger partial charge in [0.05, 0.1) is 5.37 Å². The van der Waals surface area contributed by atoms with Crippen molar-refractivity contribution in [1.82, 2.24) is 5.32 Å². The summed E-state index contributed by atoms with van der Waals surface area (Å²) in [6.07, 6.45) is 1.23. The molecule has 1 nitrogen and oxygen atoms in total. The molecule has 1 saturated heterocycles. The molecule has 0 aromatic heterocycles. The third-order valence-corrected chi connectivity index (χ3v) is 4.53. The summed E-state index contributed by atoms with van der Waals surface area (Å²) in [5, 5.41) is 4.73. The first-order valence-electron chi connectivity index (χ1n) is 4.99. The van der Waals surface area contributed by atoms with Gasteiger partial charge in [0, 0.05) is 15.5 Å². The Balaban J connectivity index is 2.21. The number of hydrogen-bond donors (Lipinski definition) is 1. The summed E-state index contributed by atoms with van der Waals surface area (Å²) in [6, 6.07) is 6.67. The van der Waals surface area contributed by atoms with E-state index >= 15 is 0 Å². The lowest BCUT2D eigenvalue weighted by molar-refractivity contribution is 0.512. The Bertz CT molecular complexity index is 358. The van der Waals surface area contributed by atoms with Gasteiger partial charge in [0.1, 0.15) is 0 Å². The maximum Gasteiger partial charge on any atom is 0.0805 e. The van der Waals surface area contributed by atoms with Crippen molar-refractivity contribution in [2.24, 2.45) is 0 Å². The van der Waals surface area contributed by atoms with Gasteiger partial charge in [0.15, 0.2) is 0 Å². The highest BCUT2D eigenvalue weighted by Crippen LogP contribution is 2.36. The number of benzene rings is 1. The SMILES string of the molecule is CC1CCSC(c2ccc(Br)cc2Cl)N1. The van der Waals surface area contributed by atoms with E-state index in [0.717, 1.165) is 9.50 Å². The van der Waals surface area contributed by atoms with E-state index in [1.54, 1.807) is 0 Å². The molecule has 2 rings (SSSR count). The van der Waals surface area contributed by atoms with Gasteiger partial charge in [-0.05, 0) is 36.8 Å². The zero-order valence-electron chi connectivity index (χ0n) is 8.47. The molecule has 1 aliphatic heterocycles. The number of nitrogens with one attached hydrogen (secondary N) is 1. The standard InChI is InChI=1S/C11H13BrClNS/c1-7-4-5-15-11(14-7)9-3-2-8(12)6-10(9)13/h2-3,6-7,11,14H,4-5H2,1H3. The molecule has 1 aliphatic rings. The Hall–Kier alpha value is 0.300. The van der Waals surface area contributed by atoms with Crippen LogP contribution in [0.1, 0.15) is 24.3 Å². The molecular formula is C11H13BrClNS. The molecule has 1 heterocycles. The molecule has 82 valence electrons. The third kappa shape index (κ3) is 2.90. The predicted molar refractivity (Wildman–Crippen MR) is 71.6 cm³/mol. The van der Waals surface area contributed by atoms with Crippen LogP contribution in [0.15, 0.2) is 22.7 Å². The van der Waals surface area contributed by atoms with Crippen LogP contribution in [-0.2, 0) is 0 Å². The molecule has 0 aliphatic carbocycles. The Labute approximate surface area is 108 Å². The van der Waals surface area contributed by atoms with Crippen LogP contribution in [-0.4, -0.2) is 11.8 Å². The van der Waals surface area contributed by atoms with Gasteiger partial charge in [0.2, 0.25) is 0 Å². The first-order chi connectivity index (χ1) is 7.16. The Morgan fingerprint density at radius 2 is 2.33 bits per heavy atom. The summed E-state index contributed by atoms with van der Waals surface area (Å²) in [7, 11) is 0. The van der Waals surface area contributed by atoms with Gasteiger partial charge < -0.3 is 0 Å². The first-order valence-corrected chi connectivity index (χ1v) is 7.21. The van der Waals surface area contributed by atoms with E-state index in [2.05, 4.69) is 34.2 Å². The van der Waals surface area contributed by atoms with Crippen molar-refractivity contribution >= 4 is 39.3 Å². The van der Waals surface area contributed by atoms with Crippen molar-refractivity contribution in [3.8, 4) is 0 Å². The van der Waals surface area contributed by atoms with Gasteiger partial charge in [-0.25, -0.2) is 0 Å². The highest BCUT2D eigenvalue weighted by atomic mass is 79.9. The second-order valence-corrected chi connectivity index (χ2v) is 6.31. The van der Waals surface area contributed by atoms with Crippen LogP contribution in [0.5, 0.6) is 0 Å². The molecule has 1 aromatic rings. The fourth-order valence-corrected chi connectivity index (χ4v) is 3.93. The number of rotatable bonds is 1. The van der Waals surface area contributed by atoms with Crippen LogP contribution in [0.4, 0.5) is 0 Å². The molecule has 1 aromatic carbocycles. The van der Waals surface area contributed by atoms with E-state index in [1.807, 2.05) is 23.9 Å². The summed E-state index contributed by atoms with van der Waals surface area (Å²) in [5.74, 6) is 1.20. The molecule has 2 unspecified atom stereocenters. The highest BCUT2D eigenvalue weighted by molar-refractivity contribution is 9.10. The van der Waals surface area contributed by atoms with Crippen LogP contribution >= 0.6 is 39.3 Å².